The molecule has 2 N–H and O–H groups in total. The van der Waals surface area contributed by atoms with Crippen molar-refractivity contribution in [3.05, 3.63) is 29.8 Å². The Morgan fingerprint density at radius 1 is 1.19 bits per heavy atom. The minimum absolute atomic E-state index is 0.0712. The highest BCUT2D eigenvalue weighted by Gasteiger charge is 2.34. The molecule has 1 aromatic carbocycles. The Balaban J connectivity index is 1.59. The molecule has 1 aromatic rings. The highest BCUT2D eigenvalue weighted by atomic mass is 32.2. The Morgan fingerprint density at radius 3 is 2.52 bits per heavy atom. The second-order valence-electron chi connectivity index (χ2n) is 6.86. The molecule has 27 heavy (non-hydrogen) atoms. The predicted octanol–water partition coefficient (Wildman–Crippen LogP) is 1.08. The average Bonchev–Trinajstić information content (AvgIpc) is 3.20. The first kappa shape index (κ1) is 19.8. The van der Waals surface area contributed by atoms with Crippen molar-refractivity contribution in [3.8, 4) is 0 Å². The van der Waals surface area contributed by atoms with Crippen LogP contribution in [0, 0.1) is 5.92 Å². The van der Waals surface area contributed by atoms with Gasteiger partial charge < -0.3 is 15.2 Å². The maximum atomic E-state index is 12.8. The molecule has 2 heterocycles. The number of carboxylic acid groups (broad SMARTS) is 1. The number of carbonyl (C=O) groups excluding carboxylic acids is 1. The van der Waals surface area contributed by atoms with Crippen molar-refractivity contribution in [2.45, 2.75) is 36.7 Å². The molecule has 2 fully saturated rings. The van der Waals surface area contributed by atoms with Crippen molar-refractivity contribution in [1.82, 2.24) is 9.62 Å². The van der Waals surface area contributed by atoms with Gasteiger partial charge in [0.25, 0.3) is 0 Å². The lowest BCUT2D eigenvalue weighted by Gasteiger charge is -2.31. The van der Waals surface area contributed by atoms with Crippen LogP contribution in [0.4, 0.5) is 0 Å². The summed E-state index contributed by atoms with van der Waals surface area (Å²) >= 11 is 0. The Morgan fingerprint density at radius 2 is 1.89 bits per heavy atom. The van der Waals surface area contributed by atoms with Gasteiger partial charge in [-0.3, -0.25) is 4.79 Å². The van der Waals surface area contributed by atoms with E-state index >= 15 is 0 Å². The van der Waals surface area contributed by atoms with Gasteiger partial charge in [-0.1, -0.05) is 12.1 Å². The number of sulfonamides is 1. The molecule has 0 radical (unpaired) electrons. The summed E-state index contributed by atoms with van der Waals surface area (Å²) in [6.07, 6.45) is 2.84. The molecule has 9 heteroatoms. The zero-order valence-electron chi connectivity index (χ0n) is 15.0. The molecule has 148 valence electrons. The van der Waals surface area contributed by atoms with Gasteiger partial charge in [-0.05, 0) is 37.8 Å². The number of piperidine rings is 1. The van der Waals surface area contributed by atoms with Crippen molar-refractivity contribution < 1.29 is 27.9 Å². The first-order valence-corrected chi connectivity index (χ1v) is 10.6. The molecule has 2 saturated heterocycles. The van der Waals surface area contributed by atoms with Crippen LogP contribution >= 0.6 is 0 Å². The van der Waals surface area contributed by atoms with E-state index in [9.17, 15) is 23.1 Å². The molecule has 1 unspecified atom stereocenters. The van der Waals surface area contributed by atoms with Crippen LogP contribution in [0.15, 0.2) is 29.2 Å². The fourth-order valence-electron chi connectivity index (χ4n) is 3.53. The van der Waals surface area contributed by atoms with E-state index in [1.165, 1.54) is 28.6 Å². The molecule has 1 atom stereocenters. The summed E-state index contributed by atoms with van der Waals surface area (Å²) in [5.41, 5.74) is -0.242. The second-order valence-corrected chi connectivity index (χ2v) is 8.77. The number of hydrogen-bond donors (Lipinski definition) is 2. The zero-order chi connectivity index (χ0) is 19.4. The molecule has 3 rings (SSSR count). The number of rotatable bonds is 6. The van der Waals surface area contributed by atoms with Crippen LogP contribution < -0.4 is 5.32 Å². The van der Waals surface area contributed by atoms with Crippen LogP contribution in [0.2, 0.25) is 0 Å². The molecular weight excluding hydrogens is 372 g/mol. The number of carboxylic acids is 1. The lowest BCUT2D eigenvalue weighted by molar-refractivity contribution is -0.126. The third-order valence-electron chi connectivity index (χ3n) is 5.09. The molecule has 0 spiro atoms. The van der Waals surface area contributed by atoms with Gasteiger partial charge in [0.2, 0.25) is 15.9 Å². The minimum Gasteiger partial charge on any atom is -0.478 e. The summed E-state index contributed by atoms with van der Waals surface area (Å²) in [7, 11) is -3.91. The second kappa shape index (κ2) is 8.37. The quantitative estimate of drug-likeness (QED) is 0.744. The van der Waals surface area contributed by atoms with E-state index in [1.807, 2.05) is 0 Å². The monoisotopic (exact) mass is 396 g/mol. The maximum Gasteiger partial charge on any atom is 0.337 e. The number of aromatic carboxylic acids is 1. The summed E-state index contributed by atoms with van der Waals surface area (Å²) in [5, 5.41) is 12.1. The minimum atomic E-state index is -3.91. The number of ether oxygens (including phenoxy) is 1. The number of hydrogen-bond acceptors (Lipinski definition) is 5. The van der Waals surface area contributed by atoms with Gasteiger partial charge in [-0.25, -0.2) is 13.2 Å². The van der Waals surface area contributed by atoms with Crippen LogP contribution in [-0.2, 0) is 19.6 Å². The predicted molar refractivity (Wildman–Crippen MR) is 96.9 cm³/mol. The van der Waals surface area contributed by atoms with Crippen LogP contribution in [0.3, 0.4) is 0 Å². The number of benzene rings is 1. The molecule has 0 aromatic heterocycles. The van der Waals surface area contributed by atoms with Gasteiger partial charge in [0.1, 0.15) is 0 Å². The van der Waals surface area contributed by atoms with E-state index in [2.05, 4.69) is 5.32 Å². The van der Waals surface area contributed by atoms with Gasteiger partial charge in [0.15, 0.2) is 0 Å². The number of nitrogens with one attached hydrogen (secondary N) is 1. The van der Waals surface area contributed by atoms with Crippen LogP contribution in [0.25, 0.3) is 0 Å². The summed E-state index contributed by atoms with van der Waals surface area (Å²) < 4.78 is 32.4. The topological polar surface area (TPSA) is 113 Å². The first-order chi connectivity index (χ1) is 12.9. The fourth-order valence-corrected chi connectivity index (χ4v) is 5.18. The van der Waals surface area contributed by atoms with Gasteiger partial charge in [-0.2, -0.15) is 4.31 Å². The van der Waals surface area contributed by atoms with Gasteiger partial charge in [-0.15, -0.1) is 0 Å². The first-order valence-electron chi connectivity index (χ1n) is 9.11. The van der Waals surface area contributed by atoms with Crippen LogP contribution in [0.5, 0.6) is 0 Å². The van der Waals surface area contributed by atoms with Crippen molar-refractivity contribution in [3.63, 3.8) is 0 Å². The zero-order valence-corrected chi connectivity index (χ0v) is 15.8. The molecule has 2 aliphatic heterocycles. The molecule has 0 aliphatic carbocycles. The smallest absolute Gasteiger partial charge is 0.337 e. The van der Waals surface area contributed by atoms with E-state index < -0.39 is 16.0 Å². The lowest BCUT2D eigenvalue weighted by atomic mass is 9.97. The van der Waals surface area contributed by atoms with E-state index in [0.717, 1.165) is 19.4 Å². The standard InChI is InChI=1S/C18H24N2O6S/c21-17(19-12-14-4-3-11-26-14)13-7-9-20(10-8-13)27(24,25)16-6-2-1-5-15(16)18(22)23/h1-2,5-6,13-14H,3-4,7-12H2,(H,19,21)(H,22,23). The normalized spacial score (nSPS) is 21.9. The molecule has 8 nitrogen and oxygen atoms in total. The van der Waals surface area contributed by atoms with Crippen LogP contribution in [-0.4, -0.2) is 62.1 Å². The average molecular weight is 396 g/mol. The lowest BCUT2D eigenvalue weighted by Crippen LogP contribution is -2.44. The summed E-state index contributed by atoms with van der Waals surface area (Å²) in [4.78, 5) is 23.4. The van der Waals surface area contributed by atoms with E-state index in [4.69, 9.17) is 4.74 Å². The summed E-state index contributed by atoms with van der Waals surface area (Å²) in [6.45, 7) is 1.60. The van der Waals surface area contributed by atoms with Crippen molar-refractivity contribution in [2.75, 3.05) is 26.2 Å². The number of amides is 1. The summed E-state index contributed by atoms with van der Waals surface area (Å²) in [6, 6.07) is 5.58. The highest BCUT2D eigenvalue weighted by molar-refractivity contribution is 7.89. The van der Waals surface area contributed by atoms with E-state index in [1.54, 1.807) is 0 Å². The van der Waals surface area contributed by atoms with Crippen molar-refractivity contribution in [2.24, 2.45) is 5.92 Å². The Bertz CT molecular complexity index is 796. The SMILES string of the molecule is O=C(O)c1ccccc1S(=O)(=O)N1CCC(C(=O)NCC2CCCO2)CC1. The van der Waals surface area contributed by atoms with Gasteiger partial charge in [0, 0.05) is 32.2 Å². The number of carbonyl (C=O) groups is 2. The largest absolute Gasteiger partial charge is 0.478 e. The highest BCUT2D eigenvalue weighted by Crippen LogP contribution is 2.26. The van der Waals surface area contributed by atoms with Crippen molar-refractivity contribution in [1.29, 1.82) is 0 Å². The molecule has 2 aliphatic rings. The summed E-state index contributed by atoms with van der Waals surface area (Å²) in [5.74, 6) is -1.60. The molecular formula is C18H24N2O6S. The molecule has 0 bridgehead atoms. The van der Waals surface area contributed by atoms with Gasteiger partial charge >= 0.3 is 5.97 Å². The third kappa shape index (κ3) is 4.48. The van der Waals surface area contributed by atoms with E-state index in [-0.39, 0.29) is 41.5 Å². The maximum absolute atomic E-state index is 12.8. The Hall–Kier alpha value is -1.97. The Labute approximate surface area is 158 Å². The number of nitrogens with zero attached hydrogens (tertiary/aromatic N) is 1. The van der Waals surface area contributed by atoms with Gasteiger partial charge in [0.05, 0.1) is 16.6 Å². The molecule has 0 saturated carbocycles. The molecule has 1 amide bonds. The van der Waals surface area contributed by atoms with Crippen LogP contribution in [0.1, 0.15) is 36.0 Å². The fraction of sp³-hybridized carbons (Fsp3) is 0.556. The third-order valence-corrected chi connectivity index (χ3v) is 7.04. The Kier molecular flexibility index (Phi) is 6.13. The van der Waals surface area contributed by atoms with E-state index in [0.29, 0.717) is 19.4 Å². The van der Waals surface area contributed by atoms with Crippen molar-refractivity contribution >= 4 is 21.9 Å².